The van der Waals surface area contributed by atoms with Gasteiger partial charge in [-0.15, -0.1) is 0 Å². The SMILES string of the molecule is Cc1ccc(C)c2oc(-c3nc(-c4ccc(C(=O)O)cc4Br)no3)cc12. The van der Waals surface area contributed by atoms with Gasteiger partial charge in [-0.3, -0.25) is 0 Å². The highest BCUT2D eigenvalue weighted by atomic mass is 79.9. The molecule has 4 aromatic rings. The zero-order chi connectivity index (χ0) is 18.4. The number of carboxylic acids is 1. The number of rotatable bonds is 3. The predicted molar refractivity (Wildman–Crippen MR) is 99.1 cm³/mol. The van der Waals surface area contributed by atoms with E-state index in [4.69, 9.17) is 14.0 Å². The molecule has 0 unspecified atom stereocenters. The van der Waals surface area contributed by atoms with E-state index in [0.29, 0.717) is 21.6 Å². The fourth-order valence-corrected chi connectivity index (χ4v) is 3.32. The number of carbonyl (C=O) groups is 1. The normalized spacial score (nSPS) is 11.2. The average molecular weight is 413 g/mol. The molecular formula is C19H13BrN2O4. The summed E-state index contributed by atoms with van der Waals surface area (Å²) in [5.41, 5.74) is 3.74. The van der Waals surface area contributed by atoms with Crippen LogP contribution >= 0.6 is 15.9 Å². The van der Waals surface area contributed by atoms with E-state index >= 15 is 0 Å². The molecule has 0 saturated heterocycles. The summed E-state index contributed by atoms with van der Waals surface area (Å²) in [7, 11) is 0. The maximum absolute atomic E-state index is 11.0. The Balaban J connectivity index is 1.76. The number of hydrogen-bond acceptors (Lipinski definition) is 5. The van der Waals surface area contributed by atoms with E-state index in [9.17, 15) is 4.79 Å². The van der Waals surface area contributed by atoms with Crippen LogP contribution in [0.1, 0.15) is 21.5 Å². The van der Waals surface area contributed by atoms with Crippen molar-refractivity contribution in [3.63, 3.8) is 0 Å². The van der Waals surface area contributed by atoms with Gasteiger partial charge in [0.15, 0.2) is 5.76 Å². The molecule has 0 spiro atoms. The minimum Gasteiger partial charge on any atom is -0.478 e. The summed E-state index contributed by atoms with van der Waals surface area (Å²) in [5.74, 6) is 0.107. The van der Waals surface area contributed by atoms with E-state index in [1.165, 1.54) is 12.1 Å². The maximum atomic E-state index is 11.0. The molecule has 0 fully saturated rings. The van der Waals surface area contributed by atoms with Gasteiger partial charge in [0.1, 0.15) is 5.58 Å². The van der Waals surface area contributed by atoms with Gasteiger partial charge in [0.2, 0.25) is 5.82 Å². The molecule has 7 heteroatoms. The minimum atomic E-state index is -1.00. The molecule has 0 aliphatic carbocycles. The van der Waals surface area contributed by atoms with Crippen LogP contribution in [-0.4, -0.2) is 21.2 Å². The zero-order valence-corrected chi connectivity index (χ0v) is 15.5. The third kappa shape index (κ3) is 2.70. The second kappa shape index (κ2) is 6.10. The number of furan rings is 1. The molecule has 4 rings (SSSR count). The molecule has 2 aromatic carbocycles. The van der Waals surface area contributed by atoms with Gasteiger partial charge < -0.3 is 14.0 Å². The fraction of sp³-hybridized carbons (Fsp3) is 0.105. The van der Waals surface area contributed by atoms with Crippen LogP contribution in [0.2, 0.25) is 0 Å². The lowest BCUT2D eigenvalue weighted by Gasteiger charge is -2.00. The Hall–Kier alpha value is -2.93. The number of fused-ring (bicyclic) bond motifs is 1. The summed E-state index contributed by atoms with van der Waals surface area (Å²) >= 11 is 3.36. The molecule has 0 atom stereocenters. The molecule has 0 saturated carbocycles. The summed E-state index contributed by atoms with van der Waals surface area (Å²) in [6.45, 7) is 4.00. The lowest BCUT2D eigenvalue weighted by molar-refractivity contribution is 0.0697. The Morgan fingerprint density at radius 3 is 2.58 bits per heavy atom. The van der Waals surface area contributed by atoms with Crippen LogP contribution in [0.4, 0.5) is 0 Å². The van der Waals surface area contributed by atoms with Gasteiger partial charge in [-0.25, -0.2) is 4.79 Å². The summed E-state index contributed by atoms with van der Waals surface area (Å²) in [4.78, 5) is 15.4. The van der Waals surface area contributed by atoms with Crippen molar-refractivity contribution in [2.24, 2.45) is 0 Å². The van der Waals surface area contributed by atoms with Crippen molar-refractivity contribution < 1.29 is 18.8 Å². The van der Waals surface area contributed by atoms with Crippen molar-refractivity contribution in [2.45, 2.75) is 13.8 Å². The first kappa shape index (κ1) is 16.5. The molecule has 2 heterocycles. The highest BCUT2D eigenvalue weighted by Crippen LogP contribution is 2.33. The second-order valence-electron chi connectivity index (χ2n) is 5.98. The highest BCUT2D eigenvalue weighted by Gasteiger charge is 2.18. The monoisotopic (exact) mass is 412 g/mol. The van der Waals surface area contributed by atoms with Crippen molar-refractivity contribution in [2.75, 3.05) is 0 Å². The molecule has 0 aliphatic rings. The lowest BCUT2D eigenvalue weighted by atomic mass is 10.1. The second-order valence-corrected chi connectivity index (χ2v) is 6.83. The van der Waals surface area contributed by atoms with Crippen molar-refractivity contribution in [1.29, 1.82) is 0 Å². The van der Waals surface area contributed by atoms with Gasteiger partial charge >= 0.3 is 5.97 Å². The lowest BCUT2D eigenvalue weighted by Crippen LogP contribution is -1.96. The van der Waals surface area contributed by atoms with Crippen LogP contribution in [0, 0.1) is 13.8 Å². The summed E-state index contributed by atoms with van der Waals surface area (Å²) < 4.78 is 11.8. The molecule has 0 bridgehead atoms. The van der Waals surface area contributed by atoms with Gasteiger partial charge in [0.25, 0.3) is 5.89 Å². The molecule has 26 heavy (non-hydrogen) atoms. The van der Waals surface area contributed by atoms with E-state index in [1.807, 2.05) is 32.0 Å². The fourth-order valence-electron chi connectivity index (χ4n) is 2.76. The summed E-state index contributed by atoms with van der Waals surface area (Å²) in [6.07, 6.45) is 0. The quantitative estimate of drug-likeness (QED) is 0.495. The standard InChI is InChI=1S/C19H13BrN2O4/c1-9-3-4-10(2)16-13(9)8-15(25-16)18-21-17(22-26-18)12-6-5-11(19(23)24)7-14(12)20/h3-8H,1-2H3,(H,23,24). The molecule has 130 valence electrons. The van der Waals surface area contributed by atoms with Gasteiger partial charge in [-0.05, 0) is 49.2 Å². The van der Waals surface area contributed by atoms with Crippen LogP contribution in [0.5, 0.6) is 0 Å². The van der Waals surface area contributed by atoms with Crippen LogP contribution in [0.3, 0.4) is 0 Å². The smallest absolute Gasteiger partial charge is 0.335 e. The summed E-state index contributed by atoms with van der Waals surface area (Å²) in [6, 6.07) is 10.6. The van der Waals surface area contributed by atoms with Crippen LogP contribution < -0.4 is 0 Å². The van der Waals surface area contributed by atoms with E-state index < -0.39 is 5.97 Å². The molecule has 2 aromatic heterocycles. The minimum absolute atomic E-state index is 0.174. The number of nitrogens with zero attached hydrogens (tertiary/aromatic N) is 2. The summed E-state index contributed by atoms with van der Waals surface area (Å²) in [5, 5.41) is 14.1. The van der Waals surface area contributed by atoms with Gasteiger partial charge in [-0.1, -0.05) is 33.2 Å². The molecule has 6 nitrogen and oxygen atoms in total. The topological polar surface area (TPSA) is 89.4 Å². The largest absolute Gasteiger partial charge is 0.478 e. The first-order valence-electron chi connectivity index (χ1n) is 7.81. The van der Waals surface area contributed by atoms with Crippen molar-refractivity contribution >= 4 is 32.9 Å². The number of aryl methyl sites for hydroxylation is 2. The number of carboxylic acid groups (broad SMARTS) is 1. The molecular weight excluding hydrogens is 400 g/mol. The molecule has 0 aliphatic heterocycles. The van der Waals surface area contributed by atoms with E-state index in [-0.39, 0.29) is 11.5 Å². The number of hydrogen-bond donors (Lipinski definition) is 1. The van der Waals surface area contributed by atoms with Gasteiger partial charge in [0.05, 0.1) is 5.56 Å². The third-order valence-electron chi connectivity index (χ3n) is 4.19. The van der Waals surface area contributed by atoms with Crippen LogP contribution in [-0.2, 0) is 0 Å². The van der Waals surface area contributed by atoms with Crippen molar-refractivity contribution in [1.82, 2.24) is 10.1 Å². The van der Waals surface area contributed by atoms with Crippen LogP contribution in [0.15, 0.2) is 49.8 Å². The number of benzene rings is 2. The first-order valence-corrected chi connectivity index (χ1v) is 8.60. The predicted octanol–water partition coefficient (Wildman–Crippen LogP) is 5.23. The highest BCUT2D eigenvalue weighted by molar-refractivity contribution is 9.10. The van der Waals surface area contributed by atoms with Gasteiger partial charge in [0, 0.05) is 15.4 Å². The molecule has 0 amide bonds. The number of aromatic nitrogens is 2. The Labute approximate surface area is 156 Å². The first-order chi connectivity index (χ1) is 12.4. The Morgan fingerprint density at radius 1 is 1.12 bits per heavy atom. The number of aromatic carboxylic acids is 1. The number of halogens is 1. The Bertz CT molecular complexity index is 1120. The molecule has 0 radical (unpaired) electrons. The average Bonchev–Trinajstić information content (AvgIpc) is 3.25. The zero-order valence-electron chi connectivity index (χ0n) is 13.9. The van der Waals surface area contributed by atoms with Crippen molar-refractivity contribution in [3.8, 4) is 23.0 Å². The van der Waals surface area contributed by atoms with Crippen molar-refractivity contribution in [3.05, 3.63) is 57.6 Å². The third-order valence-corrected chi connectivity index (χ3v) is 4.85. The van der Waals surface area contributed by atoms with E-state index in [2.05, 4.69) is 26.1 Å². The van der Waals surface area contributed by atoms with E-state index in [1.54, 1.807) is 6.07 Å². The van der Waals surface area contributed by atoms with E-state index in [0.717, 1.165) is 22.1 Å². The van der Waals surface area contributed by atoms with Gasteiger partial charge in [-0.2, -0.15) is 4.98 Å². The molecule has 1 N–H and O–H groups in total. The van der Waals surface area contributed by atoms with Crippen LogP contribution in [0.25, 0.3) is 34.0 Å². The Morgan fingerprint density at radius 2 is 1.88 bits per heavy atom. The Kier molecular flexibility index (Phi) is 3.88. The maximum Gasteiger partial charge on any atom is 0.335 e.